The first-order valence-corrected chi connectivity index (χ1v) is 8.03. The molecular weight excluding hydrogens is 311 g/mol. The maximum absolute atomic E-state index is 6.22. The van der Waals surface area contributed by atoms with Crippen LogP contribution in [-0.4, -0.2) is 28.1 Å². The lowest BCUT2D eigenvalue weighted by Crippen LogP contribution is -2.50. The molecule has 3 heteroatoms. The molecule has 0 aromatic heterocycles. The minimum Gasteiger partial charge on any atom is -0.316 e. The van der Waals surface area contributed by atoms with Gasteiger partial charge in [-0.05, 0) is 37.5 Å². The highest BCUT2D eigenvalue weighted by molar-refractivity contribution is 14.1. The summed E-state index contributed by atoms with van der Waals surface area (Å²) in [6.07, 6.45) is 8.56. The zero-order valence-electron chi connectivity index (χ0n) is 10.4. The van der Waals surface area contributed by atoms with Crippen LogP contribution in [0, 0.1) is 11.8 Å². The topological polar surface area (TPSA) is 29.3 Å². The van der Waals surface area contributed by atoms with Gasteiger partial charge < -0.3 is 5.73 Å². The van der Waals surface area contributed by atoms with Crippen molar-refractivity contribution in [1.29, 1.82) is 0 Å². The Hall–Kier alpha value is 0.650. The third-order valence-electron chi connectivity index (χ3n) is 4.22. The third-order valence-corrected chi connectivity index (χ3v) is 5.23. The average molecular weight is 336 g/mol. The Balaban J connectivity index is 1.82. The molecule has 4 unspecified atom stereocenters. The first-order valence-electron chi connectivity index (χ1n) is 6.79. The van der Waals surface area contributed by atoms with Crippen LogP contribution in [0.25, 0.3) is 0 Å². The Bertz CT molecular complexity index is 222. The SMILES string of the molecule is CC1CCCC(CN2CC(I)CCC2N)C1. The monoisotopic (exact) mass is 336 g/mol. The fourth-order valence-corrected chi connectivity index (χ4v) is 4.15. The van der Waals surface area contributed by atoms with E-state index in [1.54, 1.807) is 0 Å². The smallest absolute Gasteiger partial charge is 0.0572 e. The molecule has 16 heavy (non-hydrogen) atoms. The van der Waals surface area contributed by atoms with E-state index in [0.717, 1.165) is 15.8 Å². The van der Waals surface area contributed by atoms with E-state index < -0.39 is 0 Å². The second-order valence-corrected chi connectivity index (χ2v) is 7.60. The van der Waals surface area contributed by atoms with E-state index in [9.17, 15) is 0 Å². The molecule has 1 aliphatic heterocycles. The van der Waals surface area contributed by atoms with E-state index in [2.05, 4.69) is 34.4 Å². The Morgan fingerprint density at radius 3 is 2.81 bits per heavy atom. The number of rotatable bonds is 2. The van der Waals surface area contributed by atoms with Gasteiger partial charge in [-0.15, -0.1) is 0 Å². The standard InChI is InChI=1S/C13H25IN2/c1-10-3-2-4-11(7-10)8-16-9-12(14)5-6-13(16)15/h10-13H,2-9,15H2,1H3. The van der Waals surface area contributed by atoms with Crippen molar-refractivity contribution in [3.05, 3.63) is 0 Å². The highest BCUT2D eigenvalue weighted by atomic mass is 127. The number of halogens is 1. The normalized spacial score (nSPS) is 42.2. The molecule has 4 atom stereocenters. The molecule has 0 radical (unpaired) electrons. The molecule has 0 spiro atoms. The van der Waals surface area contributed by atoms with Gasteiger partial charge in [-0.3, -0.25) is 4.90 Å². The van der Waals surface area contributed by atoms with E-state index in [4.69, 9.17) is 5.73 Å². The zero-order valence-corrected chi connectivity index (χ0v) is 12.5. The van der Waals surface area contributed by atoms with Crippen molar-refractivity contribution < 1.29 is 0 Å². The molecule has 0 aromatic carbocycles. The molecule has 94 valence electrons. The molecule has 0 bridgehead atoms. The van der Waals surface area contributed by atoms with Gasteiger partial charge >= 0.3 is 0 Å². The number of hydrogen-bond acceptors (Lipinski definition) is 2. The first-order chi connectivity index (χ1) is 7.65. The second-order valence-electron chi connectivity index (χ2n) is 5.83. The number of alkyl halides is 1. The van der Waals surface area contributed by atoms with Gasteiger partial charge in [0.1, 0.15) is 0 Å². The molecular formula is C13H25IN2. The molecule has 0 amide bonds. The Morgan fingerprint density at radius 2 is 2.06 bits per heavy atom. The van der Waals surface area contributed by atoms with Crippen molar-refractivity contribution in [2.45, 2.75) is 55.5 Å². The quantitative estimate of drug-likeness (QED) is 0.620. The summed E-state index contributed by atoms with van der Waals surface area (Å²) in [5.74, 6) is 1.85. The van der Waals surface area contributed by atoms with Crippen molar-refractivity contribution in [1.82, 2.24) is 4.90 Å². The molecule has 0 aromatic rings. The van der Waals surface area contributed by atoms with Gasteiger partial charge in [0.2, 0.25) is 0 Å². The molecule has 1 saturated heterocycles. The van der Waals surface area contributed by atoms with Gasteiger partial charge in [-0.25, -0.2) is 0 Å². The van der Waals surface area contributed by atoms with Crippen LogP contribution in [0.2, 0.25) is 0 Å². The summed E-state index contributed by atoms with van der Waals surface area (Å²) in [4.78, 5) is 2.54. The van der Waals surface area contributed by atoms with Crippen LogP contribution in [-0.2, 0) is 0 Å². The second kappa shape index (κ2) is 6.01. The van der Waals surface area contributed by atoms with E-state index in [0.29, 0.717) is 6.17 Å². The van der Waals surface area contributed by atoms with E-state index in [1.807, 2.05) is 0 Å². The molecule has 2 aliphatic rings. The van der Waals surface area contributed by atoms with E-state index in [-0.39, 0.29) is 0 Å². The van der Waals surface area contributed by atoms with Gasteiger partial charge in [0.05, 0.1) is 6.17 Å². The van der Waals surface area contributed by atoms with Gasteiger partial charge in [-0.2, -0.15) is 0 Å². The molecule has 1 heterocycles. The summed E-state index contributed by atoms with van der Waals surface area (Å²) in [6.45, 7) is 4.88. The predicted molar refractivity (Wildman–Crippen MR) is 77.7 cm³/mol. The van der Waals surface area contributed by atoms with Crippen molar-refractivity contribution >= 4 is 22.6 Å². The third kappa shape index (κ3) is 3.57. The average Bonchev–Trinajstić information content (AvgIpc) is 2.24. The van der Waals surface area contributed by atoms with Gasteiger partial charge in [0.25, 0.3) is 0 Å². The van der Waals surface area contributed by atoms with E-state index >= 15 is 0 Å². The zero-order chi connectivity index (χ0) is 11.5. The van der Waals surface area contributed by atoms with Crippen LogP contribution in [0.15, 0.2) is 0 Å². The summed E-state index contributed by atoms with van der Waals surface area (Å²) >= 11 is 2.58. The number of nitrogens with zero attached hydrogens (tertiary/aromatic N) is 1. The maximum atomic E-state index is 6.22. The van der Waals surface area contributed by atoms with Crippen molar-refractivity contribution in [3.8, 4) is 0 Å². The van der Waals surface area contributed by atoms with Crippen molar-refractivity contribution in [2.75, 3.05) is 13.1 Å². The number of nitrogens with two attached hydrogens (primary N) is 1. The molecule has 1 saturated carbocycles. The Morgan fingerprint density at radius 1 is 1.25 bits per heavy atom. The van der Waals surface area contributed by atoms with Crippen LogP contribution in [0.1, 0.15) is 45.4 Å². The number of hydrogen-bond donors (Lipinski definition) is 1. The lowest BCUT2D eigenvalue weighted by atomic mass is 9.82. The Labute approximate surface area is 113 Å². The lowest BCUT2D eigenvalue weighted by Gasteiger charge is -2.39. The largest absolute Gasteiger partial charge is 0.316 e. The summed E-state index contributed by atoms with van der Waals surface area (Å²) in [5, 5.41) is 0. The first kappa shape index (κ1) is 13.1. The fraction of sp³-hybridized carbons (Fsp3) is 1.00. The van der Waals surface area contributed by atoms with Gasteiger partial charge in [0.15, 0.2) is 0 Å². The summed E-state index contributed by atoms with van der Waals surface area (Å²) in [7, 11) is 0. The van der Waals surface area contributed by atoms with Crippen LogP contribution >= 0.6 is 22.6 Å². The summed E-state index contributed by atoms with van der Waals surface area (Å²) in [6, 6.07) is 0. The molecule has 1 aliphatic carbocycles. The molecule has 2 N–H and O–H groups in total. The van der Waals surface area contributed by atoms with E-state index in [1.165, 1.54) is 51.6 Å². The molecule has 2 fully saturated rings. The highest BCUT2D eigenvalue weighted by Gasteiger charge is 2.28. The molecule has 2 rings (SSSR count). The summed E-state index contributed by atoms with van der Waals surface area (Å²) < 4.78 is 0.818. The van der Waals surface area contributed by atoms with Crippen molar-refractivity contribution in [2.24, 2.45) is 17.6 Å². The lowest BCUT2D eigenvalue weighted by molar-refractivity contribution is 0.113. The number of piperidine rings is 1. The van der Waals surface area contributed by atoms with Crippen LogP contribution < -0.4 is 5.73 Å². The van der Waals surface area contributed by atoms with Crippen LogP contribution in [0.4, 0.5) is 0 Å². The maximum Gasteiger partial charge on any atom is 0.0572 e. The minimum absolute atomic E-state index is 0.336. The predicted octanol–water partition coefficient (Wildman–Crippen LogP) is 3.00. The highest BCUT2D eigenvalue weighted by Crippen LogP contribution is 2.30. The molecule has 2 nitrogen and oxygen atoms in total. The van der Waals surface area contributed by atoms with Crippen LogP contribution in [0.5, 0.6) is 0 Å². The fourth-order valence-electron chi connectivity index (χ4n) is 3.28. The Kier molecular flexibility index (Phi) is 4.91. The van der Waals surface area contributed by atoms with Crippen molar-refractivity contribution in [3.63, 3.8) is 0 Å². The summed E-state index contributed by atoms with van der Waals surface area (Å²) in [5.41, 5.74) is 6.22. The minimum atomic E-state index is 0.336. The van der Waals surface area contributed by atoms with Gasteiger partial charge in [-0.1, -0.05) is 42.4 Å². The van der Waals surface area contributed by atoms with Gasteiger partial charge in [0, 0.05) is 17.0 Å². The van der Waals surface area contributed by atoms with Crippen LogP contribution in [0.3, 0.4) is 0 Å². The number of likely N-dealkylation sites (tertiary alicyclic amines) is 1.